The van der Waals surface area contributed by atoms with Gasteiger partial charge in [0.2, 0.25) is 0 Å². The largest absolute Gasteiger partial charge is 0.466 e. The minimum atomic E-state index is -4.64. The Morgan fingerprint density at radius 2 is 0.679 bits per heavy atom. The summed E-state index contributed by atoms with van der Waals surface area (Å²) in [7, 11) is -4.64. The van der Waals surface area contributed by atoms with Crippen LogP contribution >= 0.6 is 7.82 Å². The molecule has 0 heterocycles. The zero-order chi connectivity index (χ0) is 17.5. The summed E-state index contributed by atoms with van der Waals surface area (Å²) in [6.45, 7) is 15.0. The summed E-state index contributed by atoms with van der Waals surface area (Å²) < 4.78 is 10.3. The van der Waals surface area contributed by atoms with Crippen molar-refractivity contribution in [1.82, 2.24) is 0 Å². The molecular formula is C16H45F6NO4P+. The fourth-order valence-electron chi connectivity index (χ4n) is 2.64. The van der Waals surface area contributed by atoms with Crippen molar-refractivity contribution in [2.45, 2.75) is 79.1 Å². The molecule has 0 saturated heterocycles. The third-order valence-electron chi connectivity index (χ3n) is 3.94. The van der Waals surface area contributed by atoms with Crippen LogP contribution in [0.15, 0.2) is 0 Å². The predicted molar refractivity (Wildman–Crippen MR) is 109 cm³/mol. The van der Waals surface area contributed by atoms with Crippen LogP contribution in [0.5, 0.6) is 0 Å². The standard InChI is InChI=1S/C16H36N.6FH.H3O4P/c1-5-9-13-17(14-10-6-2,15-11-7-3)16-12-8-4;;;;;;;1-5(2,3)4/h5-16H2,1-4H3;6*1H;(H3,1,2,3,4)/q+1;;;;;;;. The van der Waals surface area contributed by atoms with Gasteiger partial charge in [0.1, 0.15) is 0 Å². The molecular weight excluding hydrogens is 415 g/mol. The normalized spacial score (nSPS) is 9.39. The molecule has 0 aliphatic heterocycles. The van der Waals surface area contributed by atoms with E-state index in [1.807, 2.05) is 0 Å². The monoisotopic (exact) mass is 460 g/mol. The highest BCUT2D eigenvalue weighted by atomic mass is 31.2. The van der Waals surface area contributed by atoms with E-state index in [1.165, 1.54) is 82.0 Å². The third-order valence-corrected chi connectivity index (χ3v) is 3.94. The molecule has 28 heavy (non-hydrogen) atoms. The van der Waals surface area contributed by atoms with Crippen LogP contribution in [0.3, 0.4) is 0 Å². The molecule has 12 heteroatoms. The lowest BCUT2D eigenvalue weighted by Gasteiger charge is -2.39. The minimum absolute atomic E-state index is 0. The molecule has 0 aromatic heterocycles. The lowest BCUT2D eigenvalue weighted by atomic mass is 10.1. The highest BCUT2D eigenvalue weighted by molar-refractivity contribution is 7.45. The summed E-state index contributed by atoms with van der Waals surface area (Å²) in [5, 5.41) is 0. The van der Waals surface area contributed by atoms with Crippen molar-refractivity contribution < 1.29 is 52.0 Å². The Morgan fingerprint density at radius 3 is 0.786 bits per heavy atom. The Hall–Kier alpha value is -0.350. The minimum Gasteiger partial charge on any atom is -0.324 e. The molecule has 0 atom stereocenters. The van der Waals surface area contributed by atoms with Crippen LogP contribution in [0.4, 0.5) is 28.2 Å². The van der Waals surface area contributed by atoms with E-state index in [9.17, 15) is 0 Å². The summed E-state index contributed by atoms with van der Waals surface area (Å²) >= 11 is 0. The first kappa shape index (κ1) is 50.9. The van der Waals surface area contributed by atoms with Gasteiger partial charge in [-0.25, -0.2) is 4.57 Å². The zero-order valence-electron chi connectivity index (χ0n) is 17.6. The molecule has 0 aromatic rings. The van der Waals surface area contributed by atoms with Crippen molar-refractivity contribution in [1.29, 1.82) is 0 Å². The van der Waals surface area contributed by atoms with Gasteiger partial charge >= 0.3 is 7.82 Å². The van der Waals surface area contributed by atoms with Gasteiger partial charge in [0.25, 0.3) is 0 Å². The van der Waals surface area contributed by atoms with Crippen molar-refractivity contribution in [3.63, 3.8) is 0 Å². The van der Waals surface area contributed by atoms with Gasteiger partial charge in [-0.1, -0.05) is 53.4 Å². The van der Waals surface area contributed by atoms with Gasteiger partial charge in [-0.15, -0.1) is 0 Å². The van der Waals surface area contributed by atoms with Crippen molar-refractivity contribution >= 4 is 7.82 Å². The smallest absolute Gasteiger partial charge is 0.324 e. The van der Waals surface area contributed by atoms with Crippen molar-refractivity contribution in [2.75, 3.05) is 26.2 Å². The average Bonchev–Trinajstić information content (AvgIpc) is 2.44. The molecule has 0 fully saturated rings. The Bertz CT molecular complexity index is 257. The quantitative estimate of drug-likeness (QED) is 0.218. The highest BCUT2D eigenvalue weighted by Gasteiger charge is 2.24. The molecule has 0 aliphatic carbocycles. The summed E-state index contributed by atoms with van der Waals surface area (Å²) in [6, 6.07) is 0. The molecule has 5 nitrogen and oxygen atoms in total. The van der Waals surface area contributed by atoms with E-state index in [1.54, 1.807) is 0 Å². The van der Waals surface area contributed by atoms with Gasteiger partial charge in [-0.2, -0.15) is 0 Å². The van der Waals surface area contributed by atoms with E-state index in [2.05, 4.69) is 27.7 Å². The van der Waals surface area contributed by atoms with Gasteiger partial charge in [0.05, 0.1) is 26.2 Å². The molecule has 0 saturated carbocycles. The maximum absolute atomic E-state index is 8.88. The van der Waals surface area contributed by atoms with Crippen LogP contribution in [0.2, 0.25) is 0 Å². The Morgan fingerprint density at radius 1 is 0.536 bits per heavy atom. The number of halogens is 6. The summed E-state index contributed by atoms with van der Waals surface area (Å²) in [5.41, 5.74) is 0. The first-order valence-electron chi connectivity index (χ1n) is 8.88. The molecule has 0 rings (SSSR count). The fraction of sp³-hybridized carbons (Fsp3) is 1.00. The molecule has 0 aliphatic rings. The highest BCUT2D eigenvalue weighted by Crippen LogP contribution is 2.25. The SMILES string of the molecule is CCCC[N+](CCCC)(CCCC)CCCC.F.F.F.F.F.F.O=P(O)(O)O. The second kappa shape index (κ2) is 31.3. The van der Waals surface area contributed by atoms with Gasteiger partial charge in [-0.05, 0) is 25.7 Å². The van der Waals surface area contributed by atoms with Crippen LogP contribution < -0.4 is 0 Å². The molecule has 0 unspecified atom stereocenters. The Labute approximate surface area is 165 Å². The van der Waals surface area contributed by atoms with E-state index < -0.39 is 7.82 Å². The van der Waals surface area contributed by atoms with E-state index in [-0.39, 0.29) is 28.2 Å². The number of rotatable bonds is 12. The molecule has 3 N–H and O–H groups in total. The summed E-state index contributed by atoms with van der Waals surface area (Å²) in [5.74, 6) is 0. The lowest BCUT2D eigenvalue weighted by molar-refractivity contribution is -0.929. The average molecular weight is 461 g/mol. The van der Waals surface area contributed by atoms with Crippen molar-refractivity contribution in [3.05, 3.63) is 0 Å². The van der Waals surface area contributed by atoms with Crippen molar-refractivity contribution in [3.8, 4) is 0 Å². The van der Waals surface area contributed by atoms with E-state index in [0.29, 0.717) is 0 Å². The molecule has 0 bridgehead atoms. The third kappa shape index (κ3) is 40.4. The van der Waals surface area contributed by atoms with Gasteiger partial charge in [0, 0.05) is 0 Å². The number of phosphoric acid groups is 1. The second-order valence-corrected chi connectivity index (χ2v) is 7.19. The lowest BCUT2D eigenvalue weighted by Crippen LogP contribution is -2.50. The topological polar surface area (TPSA) is 77.8 Å². The summed E-state index contributed by atoms with van der Waals surface area (Å²) in [4.78, 5) is 21.6. The van der Waals surface area contributed by atoms with E-state index >= 15 is 0 Å². The van der Waals surface area contributed by atoms with Crippen LogP contribution in [0, 0.1) is 0 Å². The van der Waals surface area contributed by atoms with Crippen LogP contribution in [0.25, 0.3) is 0 Å². The number of nitrogens with zero attached hydrogens (tertiary/aromatic N) is 1. The van der Waals surface area contributed by atoms with E-state index in [0.717, 1.165) is 0 Å². The number of hydrogen-bond donors (Lipinski definition) is 3. The maximum Gasteiger partial charge on any atom is 0.466 e. The molecule has 0 amide bonds. The Balaban J connectivity index is -0.0000000543. The van der Waals surface area contributed by atoms with Gasteiger partial charge in [0.15, 0.2) is 0 Å². The Kier molecular flexibility index (Phi) is 56.9. The van der Waals surface area contributed by atoms with Crippen LogP contribution in [-0.2, 0) is 4.57 Å². The molecule has 0 aromatic carbocycles. The van der Waals surface area contributed by atoms with Crippen LogP contribution in [-0.4, -0.2) is 45.3 Å². The second-order valence-electron chi connectivity index (χ2n) is 6.16. The zero-order valence-corrected chi connectivity index (χ0v) is 18.5. The number of quaternary nitrogens is 1. The first-order valence-corrected chi connectivity index (χ1v) is 10.4. The van der Waals surface area contributed by atoms with Crippen molar-refractivity contribution in [2.24, 2.45) is 0 Å². The molecule has 0 spiro atoms. The van der Waals surface area contributed by atoms with E-state index in [4.69, 9.17) is 19.2 Å². The number of unbranched alkanes of at least 4 members (excludes halogenated alkanes) is 4. The molecule has 0 radical (unpaired) electrons. The first-order chi connectivity index (χ1) is 10.2. The van der Waals surface area contributed by atoms with Gasteiger partial charge < -0.3 is 19.2 Å². The number of hydrogen-bond acceptors (Lipinski definition) is 1. The maximum atomic E-state index is 8.88. The van der Waals surface area contributed by atoms with Crippen LogP contribution in [0.1, 0.15) is 79.1 Å². The van der Waals surface area contributed by atoms with Gasteiger partial charge in [-0.3, -0.25) is 28.2 Å². The molecule has 184 valence electrons. The fourth-order valence-corrected chi connectivity index (χ4v) is 2.64. The summed E-state index contributed by atoms with van der Waals surface area (Å²) in [6.07, 6.45) is 11.1. The predicted octanol–water partition coefficient (Wildman–Crippen LogP) is 4.99.